The zero-order chi connectivity index (χ0) is 11.4. The smallest absolute Gasteiger partial charge is 0.168 e. The molecule has 0 radical (unpaired) electrons. The highest BCUT2D eigenvalue weighted by molar-refractivity contribution is 5.53. The summed E-state index contributed by atoms with van der Waals surface area (Å²) in [5.74, 6) is 1.72. The van der Waals surface area contributed by atoms with Gasteiger partial charge in [-0.1, -0.05) is 0 Å². The Morgan fingerprint density at radius 3 is 2.94 bits per heavy atom. The second-order valence-corrected chi connectivity index (χ2v) is 3.79. The van der Waals surface area contributed by atoms with E-state index in [0.29, 0.717) is 19.0 Å². The molecule has 0 saturated carbocycles. The third-order valence-corrected chi connectivity index (χ3v) is 2.62. The highest BCUT2D eigenvalue weighted by Crippen LogP contribution is 2.38. The Bertz CT molecular complexity index is 366. The molecule has 4 nitrogen and oxygen atoms in total. The number of hydrogen-bond donors (Lipinski definition) is 2. The van der Waals surface area contributed by atoms with E-state index in [4.69, 9.17) is 9.47 Å². The van der Waals surface area contributed by atoms with Gasteiger partial charge in [0.15, 0.2) is 11.5 Å². The first-order valence-electron chi connectivity index (χ1n) is 5.58. The molecule has 0 bridgehead atoms. The predicted octanol–water partition coefficient (Wildman–Crippen LogP) is 1.32. The molecule has 1 heterocycles. The Hall–Kier alpha value is -1.42. The topological polar surface area (TPSA) is 50.7 Å². The molecule has 0 fully saturated rings. The van der Waals surface area contributed by atoms with Gasteiger partial charge in [0.2, 0.25) is 0 Å². The fraction of sp³-hybridized carbons (Fsp3) is 0.500. The number of ether oxygens (including phenoxy) is 2. The summed E-state index contributed by atoms with van der Waals surface area (Å²) < 4.78 is 11.2. The SMILES string of the molecule is CNCCc1c(O)ccc2c1OCCCO2. The van der Waals surface area contributed by atoms with Crippen LogP contribution in [0.4, 0.5) is 0 Å². The van der Waals surface area contributed by atoms with E-state index < -0.39 is 0 Å². The minimum absolute atomic E-state index is 0.277. The van der Waals surface area contributed by atoms with Crippen molar-refractivity contribution in [1.82, 2.24) is 5.32 Å². The molecular weight excluding hydrogens is 206 g/mol. The van der Waals surface area contributed by atoms with Crippen LogP contribution < -0.4 is 14.8 Å². The molecule has 16 heavy (non-hydrogen) atoms. The molecule has 0 aliphatic carbocycles. The van der Waals surface area contributed by atoms with Crippen LogP contribution in [0.25, 0.3) is 0 Å². The van der Waals surface area contributed by atoms with Gasteiger partial charge in [0.25, 0.3) is 0 Å². The maximum atomic E-state index is 9.82. The van der Waals surface area contributed by atoms with E-state index in [1.165, 1.54) is 0 Å². The van der Waals surface area contributed by atoms with Gasteiger partial charge in [-0.25, -0.2) is 0 Å². The summed E-state index contributed by atoms with van der Waals surface area (Å²) in [4.78, 5) is 0. The maximum absolute atomic E-state index is 9.82. The van der Waals surface area contributed by atoms with Crippen molar-refractivity contribution >= 4 is 0 Å². The lowest BCUT2D eigenvalue weighted by Crippen LogP contribution is -2.11. The zero-order valence-corrected chi connectivity index (χ0v) is 9.45. The van der Waals surface area contributed by atoms with Gasteiger partial charge in [0.1, 0.15) is 5.75 Å². The fourth-order valence-electron chi connectivity index (χ4n) is 1.77. The molecule has 0 atom stereocenters. The van der Waals surface area contributed by atoms with Gasteiger partial charge in [-0.3, -0.25) is 0 Å². The molecule has 1 aliphatic heterocycles. The summed E-state index contributed by atoms with van der Waals surface area (Å²) in [5, 5.41) is 12.9. The van der Waals surface area contributed by atoms with Crippen LogP contribution in [0.1, 0.15) is 12.0 Å². The van der Waals surface area contributed by atoms with E-state index in [1.807, 2.05) is 7.05 Å². The van der Waals surface area contributed by atoms with E-state index in [1.54, 1.807) is 12.1 Å². The quantitative estimate of drug-likeness (QED) is 0.811. The Labute approximate surface area is 95.2 Å². The molecule has 0 unspecified atom stereocenters. The molecule has 2 rings (SSSR count). The van der Waals surface area contributed by atoms with Crippen LogP contribution in [0.2, 0.25) is 0 Å². The van der Waals surface area contributed by atoms with Gasteiger partial charge >= 0.3 is 0 Å². The summed E-state index contributed by atoms with van der Waals surface area (Å²) in [6.07, 6.45) is 1.61. The van der Waals surface area contributed by atoms with Gasteiger partial charge in [-0.05, 0) is 32.1 Å². The van der Waals surface area contributed by atoms with Crippen molar-refractivity contribution in [2.24, 2.45) is 0 Å². The van der Waals surface area contributed by atoms with Crippen molar-refractivity contribution in [2.45, 2.75) is 12.8 Å². The maximum Gasteiger partial charge on any atom is 0.168 e. The molecule has 1 aromatic rings. The van der Waals surface area contributed by atoms with Gasteiger partial charge in [0.05, 0.1) is 13.2 Å². The van der Waals surface area contributed by atoms with Gasteiger partial charge in [0, 0.05) is 12.0 Å². The van der Waals surface area contributed by atoms with Gasteiger partial charge in [-0.15, -0.1) is 0 Å². The third kappa shape index (κ3) is 2.22. The number of fused-ring (bicyclic) bond motifs is 1. The van der Waals surface area contributed by atoms with Crippen molar-refractivity contribution in [1.29, 1.82) is 0 Å². The summed E-state index contributed by atoms with van der Waals surface area (Å²) in [6, 6.07) is 3.43. The molecule has 0 amide bonds. The fourth-order valence-corrected chi connectivity index (χ4v) is 1.77. The van der Waals surface area contributed by atoms with Crippen molar-refractivity contribution in [3.8, 4) is 17.2 Å². The molecule has 1 aromatic carbocycles. The van der Waals surface area contributed by atoms with E-state index in [2.05, 4.69) is 5.32 Å². The Kier molecular flexibility index (Phi) is 3.51. The first kappa shape index (κ1) is 11.1. The number of nitrogens with one attached hydrogen (secondary N) is 1. The molecule has 1 aliphatic rings. The average molecular weight is 223 g/mol. The lowest BCUT2D eigenvalue weighted by atomic mass is 10.1. The predicted molar refractivity (Wildman–Crippen MR) is 61.3 cm³/mol. The molecule has 0 aromatic heterocycles. The van der Waals surface area contributed by atoms with Crippen molar-refractivity contribution in [3.63, 3.8) is 0 Å². The minimum atomic E-state index is 0.277. The highest BCUT2D eigenvalue weighted by Gasteiger charge is 2.17. The Balaban J connectivity index is 2.32. The van der Waals surface area contributed by atoms with Crippen molar-refractivity contribution < 1.29 is 14.6 Å². The van der Waals surface area contributed by atoms with Crippen molar-refractivity contribution in [2.75, 3.05) is 26.8 Å². The second kappa shape index (κ2) is 5.07. The molecule has 0 saturated heterocycles. The van der Waals surface area contributed by atoms with Crippen LogP contribution in [0, 0.1) is 0 Å². The number of hydrogen-bond acceptors (Lipinski definition) is 4. The van der Waals surface area contributed by atoms with Crippen LogP contribution in [-0.2, 0) is 6.42 Å². The summed E-state index contributed by atoms with van der Waals surface area (Å²) in [6.45, 7) is 2.11. The number of aromatic hydroxyl groups is 1. The normalized spacial score (nSPS) is 14.6. The number of rotatable bonds is 3. The second-order valence-electron chi connectivity index (χ2n) is 3.79. The van der Waals surface area contributed by atoms with Crippen LogP contribution in [0.5, 0.6) is 17.2 Å². The summed E-state index contributed by atoms with van der Waals surface area (Å²) in [5.41, 5.74) is 0.828. The lowest BCUT2D eigenvalue weighted by molar-refractivity contribution is 0.295. The van der Waals surface area contributed by atoms with Crippen LogP contribution in [0.3, 0.4) is 0 Å². The van der Waals surface area contributed by atoms with E-state index in [-0.39, 0.29) is 5.75 Å². The Morgan fingerprint density at radius 1 is 1.31 bits per heavy atom. The van der Waals surface area contributed by atoms with Crippen LogP contribution in [0.15, 0.2) is 12.1 Å². The van der Waals surface area contributed by atoms with E-state index in [0.717, 1.165) is 30.7 Å². The molecule has 2 N–H and O–H groups in total. The zero-order valence-electron chi connectivity index (χ0n) is 9.45. The van der Waals surface area contributed by atoms with Gasteiger partial charge in [-0.2, -0.15) is 0 Å². The molecule has 88 valence electrons. The average Bonchev–Trinajstić information content (AvgIpc) is 2.53. The van der Waals surface area contributed by atoms with E-state index >= 15 is 0 Å². The minimum Gasteiger partial charge on any atom is -0.508 e. The summed E-state index contributed by atoms with van der Waals surface area (Å²) >= 11 is 0. The van der Waals surface area contributed by atoms with Crippen molar-refractivity contribution in [3.05, 3.63) is 17.7 Å². The first-order valence-corrected chi connectivity index (χ1v) is 5.58. The number of benzene rings is 1. The Morgan fingerprint density at radius 2 is 2.12 bits per heavy atom. The molecule has 0 spiro atoms. The van der Waals surface area contributed by atoms with E-state index in [9.17, 15) is 5.11 Å². The van der Waals surface area contributed by atoms with Crippen LogP contribution >= 0.6 is 0 Å². The highest BCUT2D eigenvalue weighted by atomic mass is 16.5. The number of phenols is 1. The molecule has 4 heteroatoms. The van der Waals surface area contributed by atoms with Crippen LogP contribution in [-0.4, -0.2) is 31.9 Å². The van der Waals surface area contributed by atoms with Gasteiger partial charge < -0.3 is 19.9 Å². The largest absolute Gasteiger partial charge is 0.508 e. The first-order chi connectivity index (χ1) is 7.83. The number of phenolic OH excluding ortho intramolecular Hbond substituents is 1. The third-order valence-electron chi connectivity index (χ3n) is 2.62. The lowest BCUT2D eigenvalue weighted by Gasteiger charge is -2.13. The summed E-state index contributed by atoms with van der Waals surface area (Å²) in [7, 11) is 1.88. The standard InChI is InChI=1S/C12H17NO3/c1-13-6-5-9-10(14)3-4-11-12(9)16-8-2-7-15-11/h3-4,13-14H,2,5-8H2,1H3. The number of likely N-dealkylation sites (N-methyl/N-ethyl adjacent to an activating group) is 1. The molecular formula is C12H17NO3. The monoisotopic (exact) mass is 223 g/mol.